The van der Waals surface area contributed by atoms with Crippen LogP contribution in [0, 0.1) is 0 Å². The first-order valence-corrected chi connectivity index (χ1v) is 32.1. The lowest BCUT2D eigenvalue weighted by molar-refractivity contribution is 0.601. The number of rotatable bonds is 12. The SMILES string of the molecule is CC1(C)c2cc(N(c3ccccc3)c3ccc(N(c4ccccc4)c4cccc5ccccc45)cc3)c3ccccc3c2-c2ccc3c(c21)C(C)(C)c1cc(N(c2ccccc2)c2ccc(N(c4ccccc4)c4cccc5ccccc45)cc2)c2ccccc2c1-3. The van der Waals surface area contributed by atoms with Crippen LogP contribution in [0.4, 0.5) is 68.2 Å². The minimum Gasteiger partial charge on any atom is -0.310 e. The molecule has 0 fully saturated rings. The second-order valence-corrected chi connectivity index (χ2v) is 25.6. The van der Waals surface area contributed by atoms with E-state index in [1.54, 1.807) is 0 Å². The van der Waals surface area contributed by atoms with E-state index in [0.29, 0.717) is 0 Å². The molecule has 0 radical (unpaired) electrons. The molecule has 15 aromatic carbocycles. The first kappa shape index (κ1) is 54.7. The van der Waals surface area contributed by atoms with Gasteiger partial charge in [0.25, 0.3) is 0 Å². The third-order valence-electron chi connectivity index (χ3n) is 19.7. The lowest BCUT2D eigenvalue weighted by Gasteiger charge is -2.33. The van der Waals surface area contributed by atoms with E-state index < -0.39 is 0 Å². The number of hydrogen-bond donors (Lipinski definition) is 0. The molecule has 0 saturated heterocycles. The largest absolute Gasteiger partial charge is 0.310 e. The Morgan fingerprint density at radius 2 is 0.457 bits per heavy atom. The third-order valence-corrected chi connectivity index (χ3v) is 19.7. The summed E-state index contributed by atoms with van der Waals surface area (Å²) in [6.45, 7) is 9.91. The standard InChI is InChI=1S/C88H66N4/c1-87(2)77-57-81(91(63-35-13-7-14-36-63)67-51-47-65(48-52-67)89(61-31-9-5-10-32-61)79-45-25-29-59-27-17-19-39-69(59)79)71-41-21-23-43-73(71)83(77)75-55-56-76-84-74-44-24-22-42-72(74)82(58-78(84)88(3,4)86(76)85(75)87)92(64-37-15-8-16-38-64)68-53-49-66(50-54-68)90(62-33-11-6-12-34-62)80-46-26-30-60-28-18-20-40-70(60)80/h5-58H,1-4H3. The molecule has 15 aromatic rings. The van der Waals surface area contributed by atoms with E-state index in [4.69, 9.17) is 0 Å². The predicted molar refractivity (Wildman–Crippen MR) is 390 cm³/mol. The smallest absolute Gasteiger partial charge is 0.0543 e. The molecule has 0 saturated carbocycles. The van der Waals surface area contributed by atoms with Crippen LogP contribution < -0.4 is 19.6 Å². The summed E-state index contributed by atoms with van der Waals surface area (Å²) in [6, 6.07) is 120. The van der Waals surface area contributed by atoms with Crippen LogP contribution in [0.5, 0.6) is 0 Å². The Balaban J connectivity index is 0.792. The van der Waals surface area contributed by atoms with Crippen molar-refractivity contribution >= 4 is 111 Å². The monoisotopic (exact) mass is 1180 g/mol. The van der Waals surface area contributed by atoms with Crippen molar-refractivity contribution in [1.82, 2.24) is 0 Å². The van der Waals surface area contributed by atoms with Crippen molar-refractivity contribution in [3.8, 4) is 22.3 Å². The molecule has 0 atom stereocenters. The topological polar surface area (TPSA) is 13.0 Å². The Morgan fingerprint density at radius 1 is 0.207 bits per heavy atom. The molecule has 2 aliphatic carbocycles. The van der Waals surface area contributed by atoms with Gasteiger partial charge < -0.3 is 19.6 Å². The van der Waals surface area contributed by atoms with Gasteiger partial charge in [-0.2, -0.15) is 0 Å². The summed E-state index contributed by atoms with van der Waals surface area (Å²) < 4.78 is 0. The second-order valence-electron chi connectivity index (χ2n) is 25.6. The van der Waals surface area contributed by atoms with Gasteiger partial charge in [0, 0.05) is 77.9 Å². The summed E-state index contributed by atoms with van der Waals surface area (Å²) in [7, 11) is 0. The molecule has 4 heteroatoms. The number of anilines is 12. The van der Waals surface area contributed by atoms with E-state index in [9.17, 15) is 0 Å². The molecule has 2 aliphatic rings. The maximum atomic E-state index is 2.53. The first-order chi connectivity index (χ1) is 45.2. The van der Waals surface area contributed by atoms with Crippen LogP contribution >= 0.6 is 0 Å². The predicted octanol–water partition coefficient (Wildman–Crippen LogP) is 24.8. The first-order valence-electron chi connectivity index (χ1n) is 32.1. The molecular formula is C88H66N4. The third kappa shape index (κ3) is 8.66. The van der Waals surface area contributed by atoms with E-state index in [1.165, 1.54) is 87.6 Å². The number of benzene rings is 15. The van der Waals surface area contributed by atoms with Crippen LogP contribution in [0.15, 0.2) is 328 Å². The number of para-hydroxylation sites is 4. The molecule has 438 valence electrons. The van der Waals surface area contributed by atoms with Gasteiger partial charge in [0.05, 0.1) is 22.7 Å². The summed E-state index contributed by atoms with van der Waals surface area (Å²) in [4.78, 5) is 9.73. The van der Waals surface area contributed by atoms with E-state index in [-0.39, 0.29) is 10.8 Å². The van der Waals surface area contributed by atoms with Gasteiger partial charge in [0.15, 0.2) is 0 Å². The maximum Gasteiger partial charge on any atom is 0.0543 e. The Kier molecular flexibility index (Phi) is 12.9. The molecule has 0 N–H and O–H groups in total. The van der Waals surface area contributed by atoms with E-state index >= 15 is 0 Å². The Labute approximate surface area is 538 Å². The fourth-order valence-electron chi connectivity index (χ4n) is 15.6. The average Bonchev–Trinajstić information content (AvgIpc) is 1.51. The van der Waals surface area contributed by atoms with Crippen LogP contribution in [-0.4, -0.2) is 0 Å². The van der Waals surface area contributed by atoms with Gasteiger partial charge in [-0.3, -0.25) is 0 Å². The molecule has 0 aliphatic heterocycles. The Morgan fingerprint density at radius 3 is 0.783 bits per heavy atom. The Hall–Kier alpha value is -11.5. The van der Waals surface area contributed by atoms with E-state index in [1.807, 2.05) is 0 Å². The van der Waals surface area contributed by atoms with Crippen molar-refractivity contribution in [3.05, 3.63) is 350 Å². The zero-order valence-electron chi connectivity index (χ0n) is 52.0. The minimum absolute atomic E-state index is 0.384. The highest BCUT2D eigenvalue weighted by atomic mass is 15.2. The lowest BCUT2D eigenvalue weighted by Crippen LogP contribution is -2.24. The van der Waals surface area contributed by atoms with Crippen LogP contribution in [0.1, 0.15) is 49.9 Å². The van der Waals surface area contributed by atoms with Crippen LogP contribution in [0.3, 0.4) is 0 Å². The lowest BCUT2D eigenvalue weighted by atomic mass is 9.72. The van der Waals surface area contributed by atoms with E-state index in [0.717, 1.165) is 68.2 Å². The van der Waals surface area contributed by atoms with Gasteiger partial charge in [-0.05, 0) is 187 Å². The maximum absolute atomic E-state index is 2.53. The van der Waals surface area contributed by atoms with Gasteiger partial charge in [-0.1, -0.05) is 234 Å². The molecule has 17 rings (SSSR count). The van der Waals surface area contributed by atoms with Crippen LogP contribution in [0.2, 0.25) is 0 Å². The highest BCUT2D eigenvalue weighted by molar-refractivity contribution is 6.14. The molecule has 0 aromatic heterocycles. The number of hydrogen-bond acceptors (Lipinski definition) is 4. The molecule has 0 spiro atoms. The quantitative estimate of drug-likeness (QED) is 0.121. The van der Waals surface area contributed by atoms with Gasteiger partial charge in [0.1, 0.15) is 0 Å². The van der Waals surface area contributed by atoms with Crippen molar-refractivity contribution in [3.63, 3.8) is 0 Å². The average molecular weight is 1180 g/mol. The molecule has 0 bridgehead atoms. The van der Waals surface area contributed by atoms with E-state index in [2.05, 4.69) is 375 Å². The van der Waals surface area contributed by atoms with Crippen molar-refractivity contribution in [2.45, 2.75) is 38.5 Å². The number of nitrogens with zero attached hydrogens (tertiary/aromatic N) is 4. The van der Waals surface area contributed by atoms with Gasteiger partial charge in [-0.15, -0.1) is 0 Å². The Bertz CT molecular complexity index is 4980. The highest BCUT2D eigenvalue weighted by Gasteiger charge is 2.47. The summed E-state index contributed by atoms with van der Waals surface area (Å²) in [5.74, 6) is 0. The van der Waals surface area contributed by atoms with Crippen molar-refractivity contribution in [2.75, 3.05) is 19.6 Å². The zero-order chi connectivity index (χ0) is 61.7. The molecule has 92 heavy (non-hydrogen) atoms. The summed E-state index contributed by atoms with van der Waals surface area (Å²) in [5.41, 5.74) is 23.3. The van der Waals surface area contributed by atoms with Crippen LogP contribution in [-0.2, 0) is 10.8 Å². The minimum atomic E-state index is -0.384. The second kappa shape index (κ2) is 21.7. The molecule has 0 heterocycles. The van der Waals surface area contributed by atoms with Crippen molar-refractivity contribution < 1.29 is 0 Å². The zero-order valence-corrected chi connectivity index (χ0v) is 52.0. The van der Waals surface area contributed by atoms with Crippen molar-refractivity contribution in [2.24, 2.45) is 0 Å². The fourth-order valence-corrected chi connectivity index (χ4v) is 15.6. The summed E-state index contributed by atoms with van der Waals surface area (Å²) in [5, 5.41) is 9.75. The summed E-state index contributed by atoms with van der Waals surface area (Å²) >= 11 is 0. The van der Waals surface area contributed by atoms with Gasteiger partial charge >= 0.3 is 0 Å². The molecule has 4 nitrogen and oxygen atoms in total. The fraction of sp³-hybridized carbons (Fsp3) is 0.0682. The van der Waals surface area contributed by atoms with Crippen molar-refractivity contribution in [1.29, 1.82) is 0 Å². The normalized spacial score (nSPS) is 13.2. The van der Waals surface area contributed by atoms with Crippen LogP contribution in [0.25, 0.3) is 65.3 Å². The molecular weight excluding hydrogens is 1110 g/mol. The number of fused-ring (bicyclic) bond motifs is 13. The summed E-state index contributed by atoms with van der Waals surface area (Å²) in [6.07, 6.45) is 0. The van der Waals surface area contributed by atoms with Gasteiger partial charge in [-0.25, -0.2) is 0 Å². The van der Waals surface area contributed by atoms with Gasteiger partial charge in [0.2, 0.25) is 0 Å². The molecule has 0 amide bonds. The molecule has 0 unspecified atom stereocenters. The highest BCUT2D eigenvalue weighted by Crippen LogP contribution is 2.63.